The minimum Gasteiger partial charge on any atom is -0.495 e. The number of hydrogen-bond acceptors (Lipinski definition) is 9. The van der Waals surface area contributed by atoms with Crippen molar-refractivity contribution in [2.45, 2.75) is 69.1 Å². The molecule has 3 aromatic rings. The topological polar surface area (TPSA) is 123 Å². The molecule has 10 nitrogen and oxygen atoms in total. The molecule has 0 bridgehead atoms. The first-order valence-electron chi connectivity index (χ1n) is 13.8. The van der Waals surface area contributed by atoms with E-state index in [1.807, 2.05) is 39.0 Å². The Hall–Kier alpha value is -3.57. The Kier molecular flexibility index (Phi) is 9.52. The molecule has 226 valence electrons. The van der Waals surface area contributed by atoms with E-state index in [4.69, 9.17) is 21.1 Å². The summed E-state index contributed by atoms with van der Waals surface area (Å²) in [5.74, 6) is 1.40. The van der Waals surface area contributed by atoms with Crippen molar-refractivity contribution in [2.24, 2.45) is 0 Å². The number of likely N-dealkylation sites (tertiary alicyclic amines) is 1. The van der Waals surface area contributed by atoms with Crippen LogP contribution in [0.1, 0.15) is 58.9 Å². The van der Waals surface area contributed by atoms with Gasteiger partial charge in [0.25, 0.3) is 0 Å². The number of methoxy groups -OCH3 is 1. The van der Waals surface area contributed by atoms with Crippen LogP contribution in [-0.4, -0.2) is 60.4 Å². The van der Waals surface area contributed by atoms with E-state index in [9.17, 15) is 13.2 Å². The van der Waals surface area contributed by atoms with Crippen LogP contribution in [0.5, 0.6) is 5.75 Å². The maximum Gasteiger partial charge on any atom is 0.410 e. The zero-order chi connectivity index (χ0) is 30.7. The Morgan fingerprint density at radius 2 is 1.76 bits per heavy atom. The van der Waals surface area contributed by atoms with Gasteiger partial charge in [-0.1, -0.05) is 29.8 Å². The van der Waals surface area contributed by atoms with Gasteiger partial charge in [0.05, 0.1) is 34.8 Å². The van der Waals surface area contributed by atoms with Crippen molar-refractivity contribution in [1.82, 2.24) is 14.9 Å². The van der Waals surface area contributed by atoms with Crippen LogP contribution in [0.25, 0.3) is 0 Å². The number of ether oxygens (including phenoxy) is 2. The molecule has 1 saturated heterocycles. The minimum atomic E-state index is -3.54. The van der Waals surface area contributed by atoms with Crippen molar-refractivity contribution in [3.63, 3.8) is 0 Å². The summed E-state index contributed by atoms with van der Waals surface area (Å²) in [5, 5.41) is 5.88. The molecule has 1 aromatic heterocycles. The second-order valence-corrected chi connectivity index (χ2v) is 14.3. The third-order valence-electron chi connectivity index (χ3n) is 6.90. The van der Waals surface area contributed by atoms with Crippen molar-refractivity contribution in [1.29, 1.82) is 0 Å². The number of carbonyl (C=O) groups is 1. The van der Waals surface area contributed by atoms with Gasteiger partial charge in [0.2, 0.25) is 5.95 Å². The molecule has 2 N–H and O–H groups in total. The van der Waals surface area contributed by atoms with Crippen LogP contribution in [-0.2, 0) is 14.6 Å². The molecular formula is C30H38ClN5O5S. The lowest BCUT2D eigenvalue weighted by molar-refractivity contribution is 0.0204. The van der Waals surface area contributed by atoms with Gasteiger partial charge < -0.3 is 25.0 Å². The highest BCUT2D eigenvalue weighted by atomic mass is 35.5. The third kappa shape index (κ3) is 7.43. The monoisotopic (exact) mass is 615 g/mol. The largest absolute Gasteiger partial charge is 0.495 e. The summed E-state index contributed by atoms with van der Waals surface area (Å²) in [6.07, 6.45) is 2.80. The number of benzene rings is 2. The number of rotatable bonds is 8. The summed E-state index contributed by atoms with van der Waals surface area (Å²) < 4.78 is 37.0. The summed E-state index contributed by atoms with van der Waals surface area (Å²) in [6.45, 7) is 10.1. The van der Waals surface area contributed by atoms with Crippen LogP contribution in [0, 0.1) is 0 Å². The first-order chi connectivity index (χ1) is 19.8. The van der Waals surface area contributed by atoms with Gasteiger partial charge in [-0.2, -0.15) is 4.98 Å². The zero-order valence-corrected chi connectivity index (χ0v) is 26.3. The van der Waals surface area contributed by atoms with Gasteiger partial charge in [-0.3, -0.25) is 0 Å². The van der Waals surface area contributed by atoms with Crippen LogP contribution in [0.2, 0.25) is 5.02 Å². The number of sulfone groups is 1. The summed E-state index contributed by atoms with van der Waals surface area (Å²) >= 11 is 6.38. The van der Waals surface area contributed by atoms with Crippen LogP contribution in [0.3, 0.4) is 0 Å². The Balaban J connectivity index is 1.49. The van der Waals surface area contributed by atoms with Crippen LogP contribution < -0.4 is 15.4 Å². The molecule has 1 amide bonds. The lowest BCUT2D eigenvalue weighted by Gasteiger charge is -2.33. The maximum absolute atomic E-state index is 12.9. The third-order valence-corrected chi connectivity index (χ3v) is 9.39. The number of halogens is 1. The number of aromatic nitrogens is 2. The van der Waals surface area contributed by atoms with Crippen molar-refractivity contribution in [2.75, 3.05) is 30.8 Å². The first kappa shape index (κ1) is 31.4. The SMILES string of the molecule is COc1cc(C2CCN(C(=O)OC(C)(C)C)CC2)ccc1Nc1ncc(Cl)c(Nc2ccccc2S(=O)(=O)C(C)C)n1. The van der Waals surface area contributed by atoms with E-state index < -0.39 is 20.7 Å². The normalized spacial score (nSPS) is 14.5. The highest BCUT2D eigenvalue weighted by Gasteiger charge is 2.28. The average Bonchev–Trinajstić information content (AvgIpc) is 2.94. The molecule has 1 aliphatic rings. The number of para-hydroxylation sites is 1. The Bertz CT molecular complexity index is 1530. The van der Waals surface area contributed by atoms with E-state index in [1.165, 1.54) is 6.20 Å². The minimum absolute atomic E-state index is 0.165. The molecule has 42 heavy (non-hydrogen) atoms. The molecule has 0 spiro atoms. The smallest absolute Gasteiger partial charge is 0.410 e. The fourth-order valence-corrected chi connectivity index (χ4v) is 5.96. The molecule has 4 rings (SSSR count). The molecule has 2 aromatic carbocycles. The van der Waals surface area contributed by atoms with Crippen molar-refractivity contribution in [3.8, 4) is 5.75 Å². The van der Waals surface area contributed by atoms with Crippen LogP contribution >= 0.6 is 11.6 Å². The zero-order valence-electron chi connectivity index (χ0n) is 24.8. The highest BCUT2D eigenvalue weighted by Crippen LogP contribution is 2.36. The Morgan fingerprint density at radius 1 is 1.07 bits per heavy atom. The van der Waals surface area contributed by atoms with E-state index in [2.05, 4.69) is 20.6 Å². The summed E-state index contributed by atoms with van der Waals surface area (Å²) in [6, 6.07) is 12.6. The lowest BCUT2D eigenvalue weighted by atomic mass is 9.89. The molecular weight excluding hydrogens is 578 g/mol. The molecule has 0 atom stereocenters. The van der Waals surface area contributed by atoms with Gasteiger partial charge in [0.15, 0.2) is 15.7 Å². The maximum atomic E-state index is 12.9. The van der Waals surface area contributed by atoms with Gasteiger partial charge in [0.1, 0.15) is 16.4 Å². The average molecular weight is 616 g/mol. The molecule has 0 radical (unpaired) electrons. The lowest BCUT2D eigenvalue weighted by Crippen LogP contribution is -2.41. The highest BCUT2D eigenvalue weighted by molar-refractivity contribution is 7.92. The van der Waals surface area contributed by atoms with Gasteiger partial charge >= 0.3 is 6.09 Å². The predicted molar refractivity (Wildman–Crippen MR) is 165 cm³/mol. The molecule has 12 heteroatoms. The first-order valence-corrected chi connectivity index (χ1v) is 15.8. The second kappa shape index (κ2) is 12.7. The number of amides is 1. The van der Waals surface area contributed by atoms with Crippen molar-refractivity contribution >= 4 is 50.7 Å². The van der Waals surface area contributed by atoms with E-state index in [0.717, 1.165) is 18.4 Å². The number of nitrogens with zero attached hydrogens (tertiary/aromatic N) is 3. The fourth-order valence-electron chi connectivity index (χ4n) is 4.62. The van der Waals surface area contributed by atoms with E-state index >= 15 is 0 Å². The van der Waals surface area contributed by atoms with Gasteiger partial charge in [0, 0.05) is 13.1 Å². The molecule has 2 heterocycles. The Morgan fingerprint density at radius 3 is 2.40 bits per heavy atom. The molecule has 1 fully saturated rings. The summed E-state index contributed by atoms with van der Waals surface area (Å²) in [7, 11) is -1.95. The second-order valence-electron chi connectivity index (χ2n) is 11.4. The standard InChI is InChI=1S/C30H38ClN5O5S/c1-19(2)42(38,39)26-10-8-7-9-24(26)33-27-22(31)18-32-28(35-27)34-23-12-11-21(17-25(23)40-6)20-13-15-36(16-14-20)29(37)41-30(3,4)5/h7-12,17-20H,13-16H2,1-6H3,(H2,32,33,34,35). The molecule has 1 aliphatic heterocycles. The van der Waals surface area contributed by atoms with Crippen LogP contribution in [0.15, 0.2) is 53.6 Å². The number of hydrogen-bond donors (Lipinski definition) is 2. The van der Waals surface area contributed by atoms with Gasteiger partial charge in [-0.15, -0.1) is 0 Å². The van der Waals surface area contributed by atoms with Gasteiger partial charge in [-0.25, -0.2) is 18.2 Å². The number of piperidine rings is 1. The number of carbonyl (C=O) groups excluding carboxylic acids is 1. The Labute approximate surface area is 252 Å². The number of anilines is 4. The summed E-state index contributed by atoms with van der Waals surface area (Å²) in [4.78, 5) is 23.2. The molecule has 0 saturated carbocycles. The van der Waals surface area contributed by atoms with Crippen molar-refractivity contribution < 1.29 is 22.7 Å². The van der Waals surface area contributed by atoms with E-state index in [-0.39, 0.29) is 33.7 Å². The molecule has 0 aliphatic carbocycles. The van der Waals surface area contributed by atoms with Gasteiger partial charge in [-0.05, 0) is 83.2 Å². The van der Waals surface area contributed by atoms with Crippen molar-refractivity contribution in [3.05, 3.63) is 59.2 Å². The van der Waals surface area contributed by atoms with E-state index in [1.54, 1.807) is 50.1 Å². The predicted octanol–water partition coefficient (Wildman–Crippen LogP) is 6.92. The number of nitrogens with one attached hydrogen (secondary N) is 2. The fraction of sp³-hybridized carbons (Fsp3) is 0.433. The molecule has 0 unspecified atom stereocenters. The van der Waals surface area contributed by atoms with Crippen LogP contribution in [0.4, 0.5) is 27.9 Å². The quantitative estimate of drug-likeness (QED) is 0.278. The van der Waals surface area contributed by atoms with E-state index in [0.29, 0.717) is 30.2 Å². The summed E-state index contributed by atoms with van der Waals surface area (Å²) in [5.41, 5.74) is 1.62.